The summed E-state index contributed by atoms with van der Waals surface area (Å²) >= 11 is 0. The lowest BCUT2D eigenvalue weighted by atomic mass is 10.0. The Hall–Kier alpha value is -5.08. The summed E-state index contributed by atoms with van der Waals surface area (Å²) in [5.41, 5.74) is 6.50. The number of anilines is 3. The molecule has 1 aliphatic heterocycles. The van der Waals surface area contributed by atoms with Crippen molar-refractivity contribution in [2.24, 2.45) is 0 Å². The fourth-order valence-corrected chi connectivity index (χ4v) is 8.03. The van der Waals surface area contributed by atoms with Gasteiger partial charge in [0, 0.05) is 50.4 Å². The summed E-state index contributed by atoms with van der Waals surface area (Å²) in [7, 11) is -2.19. The molecule has 1 atom stereocenters. The number of phenolic OH excluding ortho intramolecular Hbond substituents is 1. The molecule has 0 bridgehead atoms. The van der Waals surface area contributed by atoms with Gasteiger partial charge in [0.2, 0.25) is 12.3 Å². The van der Waals surface area contributed by atoms with E-state index in [1.165, 1.54) is 6.07 Å². The van der Waals surface area contributed by atoms with Gasteiger partial charge in [0.05, 0.1) is 17.5 Å². The Balaban J connectivity index is 1.09. The molecule has 1 unspecified atom stereocenters. The van der Waals surface area contributed by atoms with Gasteiger partial charge >= 0.3 is 6.09 Å². The van der Waals surface area contributed by atoms with E-state index in [9.17, 15) is 23.9 Å². The lowest BCUT2D eigenvalue weighted by Crippen LogP contribution is -2.43. The van der Waals surface area contributed by atoms with Crippen LogP contribution in [0.15, 0.2) is 78.9 Å². The number of nitrogens with one attached hydrogen (secondary N) is 4. The number of phenols is 1. The number of ether oxygens (including phenoxy) is 1. The molecule has 3 amide bonds. The number of benzene rings is 4. The monoisotopic (exact) mass is 811 g/mol. The molecule has 5 N–H and O–H groups in total. The van der Waals surface area contributed by atoms with Gasteiger partial charge in [-0.1, -0.05) is 75.4 Å². The first kappa shape index (κ1) is 44.0. The number of amides is 3. The summed E-state index contributed by atoms with van der Waals surface area (Å²) in [6.45, 7) is 18.0. The van der Waals surface area contributed by atoms with Gasteiger partial charge in [0.25, 0.3) is 0 Å². The molecule has 58 heavy (non-hydrogen) atoms. The largest absolute Gasteiger partial charge is 0.506 e. The second-order valence-electron chi connectivity index (χ2n) is 16.5. The lowest BCUT2D eigenvalue weighted by Gasteiger charge is -2.39. The van der Waals surface area contributed by atoms with E-state index in [0.717, 1.165) is 33.5 Å². The van der Waals surface area contributed by atoms with Crippen LogP contribution < -0.4 is 21.3 Å². The van der Waals surface area contributed by atoms with Gasteiger partial charge in [0.15, 0.2) is 8.32 Å². The standard InChI is InChI=1S/C45H58FN5O6Si/c1-30-25-38(31(2)24-34(30)27-47-28-41(57-58(6,7)45(3,4)5)33-16-17-40(53)39(26-33)48-29-52)49-42(54)20-23-51-21-18-35(19-22-51)56-44(55)50-43-36(14-11-15-37(43)46)32-12-9-8-10-13-32/h8-17,24-26,29,35,41,47,53H,18-23,27-28H2,1-7H3,(H,48,52)(H,49,54)(H,50,55). The number of aromatic hydroxyl groups is 1. The van der Waals surface area contributed by atoms with Crippen LogP contribution in [0.5, 0.6) is 5.75 Å². The maximum Gasteiger partial charge on any atom is 0.412 e. The van der Waals surface area contributed by atoms with Gasteiger partial charge in [-0.2, -0.15) is 0 Å². The number of hydrogen-bond acceptors (Lipinski definition) is 8. The molecule has 13 heteroatoms. The Kier molecular flexibility index (Phi) is 14.9. The lowest BCUT2D eigenvalue weighted by molar-refractivity contribution is -0.116. The molecule has 0 saturated carbocycles. The first-order valence-electron chi connectivity index (χ1n) is 19.9. The quantitative estimate of drug-likeness (QED) is 0.0429. The highest BCUT2D eigenvalue weighted by Crippen LogP contribution is 2.40. The van der Waals surface area contributed by atoms with Gasteiger partial charge in [-0.3, -0.25) is 14.9 Å². The molecule has 0 aromatic heterocycles. The van der Waals surface area contributed by atoms with Gasteiger partial charge in [-0.05, 0) is 96.9 Å². The van der Waals surface area contributed by atoms with Crippen LogP contribution >= 0.6 is 0 Å². The minimum absolute atomic E-state index is 0.0102. The number of halogens is 1. The second-order valence-corrected chi connectivity index (χ2v) is 21.3. The zero-order chi connectivity index (χ0) is 42.0. The zero-order valence-corrected chi connectivity index (χ0v) is 35.7. The summed E-state index contributed by atoms with van der Waals surface area (Å²) in [5.74, 6) is -0.619. The second kappa shape index (κ2) is 19.6. The third kappa shape index (κ3) is 11.7. The van der Waals surface area contributed by atoms with Crippen molar-refractivity contribution < 1.29 is 33.0 Å². The fraction of sp³-hybridized carbons (Fsp3) is 0.400. The Labute approximate surface area is 342 Å². The SMILES string of the molecule is Cc1cc(NC(=O)CCN2CCC(OC(=O)Nc3c(F)cccc3-c3ccccc3)CC2)c(C)cc1CNCC(O[Si](C)(C)C(C)(C)C)c1ccc(O)c(NC=O)c1. The molecule has 0 aliphatic carbocycles. The van der Waals surface area contributed by atoms with Crippen LogP contribution in [0.3, 0.4) is 0 Å². The molecule has 1 fully saturated rings. The first-order valence-corrected chi connectivity index (χ1v) is 22.8. The maximum absolute atomic E-state index is 14.8. The number of likely N-dealkylation sites (tertiary alicyclic amines) is 1. The van der Waals surface area contributed by atoms with E-state index in [0.29, 0.717) is 69.6 Å². The third-order valence-electron chi connectivity index (χ3n) is 11.2. The number of nitrogens with zero attached hydrogens (tertiary/aromatic N) is 1. The third-order valence-corrected chi connectivity index (χ3v) is 15.7. The van der Waals surface area contributed by atoms with Crippen LogP contribution in [-0.2, 0) is 25.3 Å². The summed E-state index contributed by atoms with van der Waals surface area (Å²) in [6.07, 6.45) is 0.779. The van der Waals surface area contributed by atoms with E-state index in [1.54, 1.807) is 24.3 Å². The maximum atomic E-state index is 14.8. The van der Waals surface area contributed by atoms with Crippen molar-refractivity contribution in [1.29, 1.82) is 0 Å². The predicted octanol–water partition coefficient (Wildman–Crippen LogP) is 9.28. The number of piperidine rings is 1. The molecular formula is C45H58FN5O6Si. The van der Waals surface area contributed by atoms with Crippen LogP contribution in [-0.4, -0.2) is 69.0 Å². The van der Waals surface area contributed by atoms with Crippen LogP contribution in [0.1, 0.15) is 68.4 Å². The summed E-state index contributed by atoms with van der Waals surface area (Å²) in [5, 5.41) is 22.1. The molecule has 1 aliphatic rings. The van der Waals surface area contributed by atoms with E-state index in [1.807, 2.05) is 56.3 Å². The molecule has 310 valence electrons. The zero-order valence-electron chi connectivity index (χ0n) is 34.7. The minimum atomic E-state index is -2.19. The van der Waals surface area contributed by atoms with Crippen molar-refractivity contribution in [3.05, 3.63) is 107 Å². The van der Waals surface area contributed by atoms with E-state index in [-0.39, 0.29) is 34.6 Å². The van der Waals surface area contributed by atoms with Crippen molar-refractivity contribution in [2.45, 2.75) is 90.8 Å². The van der Waals surface area contributed by atoms with Crippen LogP contribution in [0.2, 0.25) is 18.1 Å². The molecule has 1 heterocycles. The van der Waals surface area contributed by atoms with Gasteiger partial charge < -0.3 is 35.1 Å². The topological polar surface area (TPSA) is 141 Å². The Morgan fingerprint density at radius 2 is 1.67 bits per heavy atom. The molecule has 0 spiro atoms. The van der Waals surface area contributed by atoms with Crippen molar-refractivity contribution in [3.63, 3.8) is 0 Å². The smallest absolute Gasteiger partial charge is 0.412 e. The average molecular weight is 812 g/mol. The molecule has 1 saturated heterocycles. The number of aryl methyl sites for hydroxylation is 2. The minimum Gasteiger partial charge on any atom is -0.506 e. The Bertz CT molecular complexity index is 2050. The fourth-order valence-electron chi connectivity index (χ4n) is 6.75. The summed E-state index contributed by atoms with van der Waals surface area (Å²) in [6, 6.07) is 23.2. The normalized spacial score (nSPS) is 14.4. The first-order chi connectivity index (χ1) is 27.5. The molecule has 0 radical (unpaired) electrons. The molecule has 5 rings (SSSR count). The van der Waals surface area contributed by atoms with Crippen LogP contribution in [0, 0.1) is 19.7 Å². The molecule has 11 nitrogen and oxygen atoms in total. The number of para-hydroxylation sites is 1. The van der Waals surface area contributed by atoms with Crippen LogP contribution in [0.4, 0.5) is 26.2 Å². The summed E-state index contributed by atoms with van der Waals surface area (Å²) < 4.78 is 27.3. The average Bonchev–Trinajstić information content (AvgIpc) is 3.17. The van der Waals surface area contributed by atoms with Gasteiger partial charge in [0.1, 0.15) is 17.7 Å². The predicted molar refractivity (Wildman–Crippen MR) is 231 cm³/mol. The van der Waals surface area contributed by atoms with Crippen molar-refractivity contribution >= 4 is 43.8 Å². The molecule has 4 aromatic rings. The van der Waals surface area contributed by atoms with E-state index >= 15 is 0 Å². The summed E-state index contributed by atoms with van der Waals surface area (Å²) in [4.78, 5) is 39.2. The van der Waals surface area contributed by atoms with E-state index in [4.69, 9.17) is 9.16 Å². The van der Waals surface area contributed by atoms with E-state index < -0.39 is 20.2 Å². The Morgan fingerprint density at radius 3 is 2.36 bits per heavy atom. The highest BCUT2D eigenvalue weighted by atomic mass is 28.4. The molecular weight excluding hydrogens is 754 g/mol. The number of rotatable bonds is 16. The van der Waals surface area contributed by atoms with Crippen LogP contribution in [0.25, 0.3) is 11.1 Å². The number of carbonyl (C=O) groups excluding carboxylic acids is 3. The van der Waals surface area contributed by atoms with E-state index in [2.05, 4.69) is 66.1 Å². The highest BCUT2D eigenvalue weighted by Gasteiger charge is 2.39. The Morgan fingerprint density at radius 1 is 0.948 bits per heavy atom. The highest BCUT2D eigenvalue weighted by molar-refractivity contribution is 6.74. The number of carbonyl (C=O) groups is 3. The number of hydrogen-bond donors (Lipinski definition) is 5. The molecule has 4 aromatic carbocycles. The van der Waals surface area contributed by atoms with Gasteiger partial charge in [-0.25, -0.2) is 9.18 Å². The van der Waals surface area contributed by atoms with Gasteiger partial charge in [-0.15, -0.1) is 0 Å². The van der Waals surface area contributed by atoms with Crippen molar-refractivity contribution in [1.82, 2.24) is 10.2 Å². The van der Waals surface area contributed by atoms with Crippen molar-refractivity contribution in [3.8, 4) is 16.9 Å². The van der Waals surface area contributed by atoms with Crippen molar-refractivity contribution in [2.75, 3.05) is 42.1 Å².